The van der Waals surface area contributed by atoms with Crippen LogP contribution in [0.15, 0.2) is 24.3 Å². The fraction of sp³-hybridized carbons (Fsp3) is 0.538. The highest BCUT2D eigenvalue weighted by Crippen LogP contribution is 2.15. The predicted octanol–water partition coefficient (Wildman–Crippen LogP) is 1.86. The van der Waals surface area contributed by atoms with E-state index in [4.69, 9.17) is 0 Å². The number of aryl methyl sites for hydroxylation is 1. The van der Waals surface area contributed by atoms with Crippen LogP contribution in [0.2, 0.25) is 0 Å². The van der Waals surface area contributed by atoms with Gasteiger partial charge in [0.15, 0.2) is 0 Å². The van der Waals surface area contributed by atoms with Crippen molar-refractivity contribution in [1.29, 1.82) is 0 Å². The smallest absolute Gasteiger partial charge is 0.148 e. The third-order valence-electron chi connectivity index (χ3n) is 2.59. The molecule has 0 fully saturated rings. The summed E-state index contributed by atoms with van der Waals surface area (Å²) in [5.41, 5.74) is 2.70. The standard InChI is InChI=1S/C13H21NO2S2/c1-12-5-3-4-6-13(12)11-17-9-7-14-8-10-18(2,15)16/h3-6,14H,7-11H2,1-2H3. The van der Waals surface area contributed by atoms with Crippen LogP contribution in [0.5, 0.6) is 0 Å². The second-order valence-electron chi connectivity index (χ2n) is 4.36. The van der Waals surface area contributed by atoms with E-state index in [9.17, 15) is 8.42 Å². The van der Waals surface area contributed by atoms with E-state index in [1.807, 2.05) is 11.8 Å². The van der Waals surface area contributed by atoms with Crippen molar-refractivity contribution in [3.63, 3.8) is 0 Å². The first-order valence-electron chi connectivity index (χ1n) is 6.00. The molecule has 0 aromatic heterocycles. The van der Waals surface area contributed by atoms with E-state index >= 15 is 0 Å². The fourth-order valence-electron chi connectivity index (χ4n) is 1.48. The van der Waals surface area contributed by atoms with Gasteiger partial charge in [-0.1, -0.05) is 24.3 Å². The highest BCUT2D eigenvalue weighted by atomic mass is 32.2. The Hall–Kier alpha value is -0.520. The predicted molar refractivity (Wildman–Crippen MR) is 79.9 cm³/mol. The minimum Gasteiger partial charge on any atom is -0.315 e. The molecule has 0 aliphatic heterocycles. The lowest BCUT2D eigenvalue weighted by Crippen LogP contribution is -2.24. The van der Waals surface area contributed by atoms with Crippen LogP contribution in [0, 0.1) is 6.92 Å². The summed E-state index contributed by atoms with van der Waals surface area (Å²) in [5, 5.41) is 3.14. The SMILES string of the molecule is Cc1ccccc1CSCCNCCS(C)(=O)=O. The van der Waals surface area contributed by atoms with E-state index in [0.29, 0.717) is 6.54 Å². The number of nitrogens with one attached hydrogen (secondary N) is 1. The van der Waals surface area contributed by atoms with Crippen LogP contribution in [0.4, 0.5) is 0 Å². The van der Waals surface area contributed by atoms with Gasteiger partial charge in [-0.15, -0.1) is 0 Å². The number of hydrogen-bond donors (Lipinski definition) is 1. The number of sulfone groups is 1. The van der Waals surface area contributed by atoms with Crippen LogP contribution < -0.4 is 5.32 Å². The van der Waals surface area contributed by atoms with Crippen molar-refractivity contribution in [2.45, 2.75) is 12.7 Å². The summed E-state index contributed by atoms with van der Waals surface area (Å²) in [7, 11) is -2.83. The van der Waals surface area contributed by atoms with E-state index in [-0.39, 0.29) is 5.75 Å². The quantitative estimate of drug-likeness (QED) is 0.741. The van der Waals surface area contributed by atoms with Crippen molar-refractivity contribution in [3.05, 3.63) is 35.4 Å². The Balaban J connectivity index is 2.08. The Kier molecular flexibility index (Phi) is 6.75. The van der Waals surface area contributed by atoms with Crippen LogP contribution in [-0.2, 0) is 15.6 Å². The van der Waals surface area contributed by atoms with E-state index in [2.05, 4.69) is 36.5 Å². The zero-order valence-electron chi connectivity index (χ0n) is 11.0. The van der Waals surface area contributed by atoms with Crippen LogP contribution in [0.1, 0.15) is 11.1 Å². The second-order valence-corrected chi connectivity index (χ2v) is 7.72. The Morgan fingerprint density at radius 3 is 2.61 bits per heavy atom. The lowest BCUT2D eigenvalue weighted by Gasteiger charge is -2.06. The summed E-state index contributed by atoms with van der Waals surface area (Å²) in [6, 6.07) is 8.39. The van der Waals surface area contributed by atoms with Gasteiger partial charge in [0.2, 0.25) is 0 Å². The molecule has 0 spiro atoms. The summed E-state index contributed by atoms with van der Waals surface area (Å²) >= 11 is 1.87. The zero-order chi connectivity index (χ0) is 13.4. The van der Waals surface area contributed by atoms with E-state index < -0.39 is 9.84 Å². The monoisotopic (exact) mass is 287 g/mol. The van der Waals surface area contributed by atoms with Crippen molar-refractivity contribution in [2.75, 3.05) is 30.9 Å². The molecular formula is C13H21NO2S2. The summed E-state index contributed by atoms with van der Waals surface area (Å²) in [6.45, 7) is 3.52. The van der Waals surface area contributed by atoms with Gasteiger partial charge in [0.1, 0.15) is 9.84 Å². The third kappa shape index (κ3) is 7.03. The van der Waals surface area contributed by atoms with Crippen LogP contribution in [-0.4, -0.2) is 39.3 Å². The molecule has 1 aromatic carbocycles. The van der Waals surface area contributed by atoms with Crippen LogP contribution in [0.3, 0.4) is 0 Å². The summed E-state index contributed by atoms with van der Waals surface area (Å²) in [4.78, 5) is 0. The van der Waals surface area contributed by atoms with Crippen LogP contribution in [0.25, 0.3) is 0 Å². The highest BCUT2D eigenvalue weighted by Gasteiger charge is 2.00. The Bertz CT molecular complexity index is 458. The van der Waals surface area contributed by atoms with Crippen LogP contribution >= 0.6 is 11.8 Å². The molecule has 0 atom stereocenters. The zero-order valence-corrected chi connectivity index (χ0v) is 12.6. The maximum Gasteiger partial charge on any atom is 0.148 e. The van der Waals surface area contributed by atoms with Gasteiger partial charge in [0, 0.05) is 30.9 Å². The molecule has 0 amide bonds. The van der Waals surface area contributed by atoms with Crippen molar-refractivity contribution < 1.29 is 8.42 Å². The van der Waals surface area contributed by atoms with E-state index in [1.165, 1.54) is 17.4 Å². The molecule has 5 heteroatoms. The first kappa shape index (κ1) is 15.5. The van der Waals surface area contributed by atoms with E-state index in [1.54, 1.807) is 0 Å². The Morgan fingerprint density at radius 1 is 1.22 bits per heavy atom. The molecule has 18 heavy (non-hydrogen) atoms. The molecule has 0 saturated carbocycles. The van der Waals surface area contributed by atoms with Gasteiger partial charge in [-0.25, -0.2) is 8.42 Å². The normalized spacial score (nSPS) is 11.7. The molecule has 0 aliphatic carbocycles. The second kappa shape index (κ2) is 7.81. The lowest BCUT2D eigenvalue weighted by atomic mass is 10.1. The summed E-state index contributed by atoms with van der Waals surface area (Å²) in [5.74, 6) is 2.23. The van der Waals surface area contributed by atoms with Crippen molar-refractivity contribution >= 4 is 21.6 Å². The molecule has 3 nitrogen and oxygen atoms in total. The van der Waals surface area contributed by atoms with Gasteiger partial charge in [0.05, 0.1) is 5.75 Å². The van der Waals surface area contributed by atoms with Gasteiger partial charge in [-0.2, -0.15) is 11.8 Å². The van der Waals surface area contributed by atoms with E-state index in [0.717, 1.165) is 18.1 Å². The first-order valence-corrected chi connectivity index (χ1v) is 9.21. The highest BCUT2D eigenvalue weighted by molar-refractivity contribution is 7.98. The molecule has 0 unspecified atom stereocenters. The number of hydrogen-bond acceptors (Lipinski definition) is 4. The Morgan fingerprint density at radius 2 is 1.94 bits per heavy atom. The minimum absolute atomic E-state index is 0.218. The Labute approximate surface area is 114 Å². The van der Waals surface area contributed by atoms with Gasteiger partial charge in [-0.05, 0) is 18.1 Å². The average molecular weight is 287 g/mol. The third-order valence-corrected chi connectivity index (χ3v) is 4.55. The van der Waals surface area contributed by atoms with Gasteiger partial charge in [0.25, 0.3) is 0 Å². The van der Waals surface area contributed by atoms with Gasteiger partial charge < -0.3 is 5.32 Å². The number of benzene rings is 1. The molecular weight excluding hydrogens is 266 g/mol. The molecule has 0 saturated heterocycles. The summed E-state index contributed by atoms with van der Waals surface area (Å²) < 4.78 is 21.8. The lowest BCUT2D eigenvalue weighted by molar-refractivity contribution is 0.598. The van der Waals surface area contributed by atoms with Crippen molar-refractivity contribution in [2.24, 2.45) is 0 Å². The maximum absolute atomic E-state index is 10.9. The molecule has 0 heterocycles. The molecule has 0 radical (unpaired) electrons. The fourth-order valence-corrected chi connectivity index (χ4v) is 2.97. The first-order chi connectivity index (χ1) is 8.49. The average Bonchev–Trinajstić information content (AvgIpc) is 2.28. The molecule has 0 aliphatic rings. The number of rotatable bonds is 8. The molecule has 1 aromatic rings. The molecule has 1 rings (SSSR count). The minimum atomic E-state index is -2.83. The molecule has 102 valence electrons. The largest absolute Gasteiger partial charge is 0.315 e. The van der Waals surface area contributed by atoms with Crippen molar-refractivity contribution in [1.82, 2.24) is 5.32 Å². The van der Waals surface area contributed by atoms with Gasteiger partial charge >= 0.3 is 0 Å². The van der Waals surface area contributed by atoms with Crippen molar-refractivity contribution in [3.8, 4) is 0 Å². The van der Waals surface area contributed by atoms with Gasteiger partial charge in [-0.3, -0.25) is 0 Å². The summed E-state index contributed by atoms with van der Waals surface area (Å²) in [6.07, 6.45) is 1.27. The molecule has 0 bridgehead atoms. The topological polar surface area (TPSA) is 46.2 Å². The molecule has 1 N–H and O–H groups in total. The maximum atomic E-state index is 10.9. The number of thioether (sulfide) groups is 1.